The van der Waals surface area contributed by atoms with Crippen LogP contribution in [-0.4, -0.2) is 17.7 Å². The molecule has 25 heavy (non-hydrogen) atoms. The molecule has 1 atom stereocenters. The Bertz CT molecular complexity index is 749. The molecule has 0 aliphatic carbocycles. The van der Waals surface area contributed by atoms with Crippen LogP contribution in [0.15, 0.2) is 36.4 Å². The van der Waals surface area contributed by atoms with Gasteiger partial charge in [-0.25, -0.2) is 0 Å². The third-order valence-electron chi connectivity index (χ3n) is 3.39. The van der Waals surface area contributed by atoms with Crippen LogP contribution in [0.25, 0.3) is 0 Å². The molecule has 4 nitrogen and oxygen atoms in total. The summed E-state index contributed by atoms with van der Waals surface area (Å²) < 4.78 is 10.5. The van der Waals surface area contributed by atoms with Gasteiger partial charge in [0, 0.05) is 0 Å². The minimum Gasteiger partial charge on any atom is -0.489 e. The number of ether oxygens (including phenoxy) is 2. The zero-order valence-corrected chi connectivity index (χ0v) is 15.7. The van der Waals surface area contributed by atoms with Crippen molar-refractivity contribution in [3.05, 3.63) is 62.6 Å². The average molecular weight is 404 g/mol. The van der Waals surface area contributed by atoms with E-state index in [-0.39, 0.29) is 19.6 Å². The highest BCUT2D eigenvalue weighted by Crippen LogP contribution is 2.30. The minimum absolute atomic E-state index is 0.156. The summed E-state index contributed by atoms with van der Waals surface area (Å²) in [6, 6.07) is 10.1. The number of esters is 1. The first-order valence-corrected chi connectivity index (χ1v) is 8.74. The molecule has 0 heterocycles. The lowest BCUT2D eigenvalue weighted by Crippen LogP contribution is -2.10. The third kappa shape index (κ3) is 5.79. The predicted octanol–water partition coefficient (Wildman–Crippen LogP) is 5.21. The fourth-order valence-corrected chi connectivity index (χ4v) is 2.77. The molecule has 2 aromatic carbocycles. The van der Waals surface area contributed by atoms with Crippen LogP contribution in [0.3, 0.4) is 0 Å². The molecule has 134 valence electrons. The Balaban J connectivity index is 2.00. The molecule has 0 radical (unpaired) electrons. The SMILES string of the molecule is CCOC(=O)C[C@H](O)c1ccc(OCc2ccc(Cl)c(Cl)c2)cc1Cl. The Kier molecular flexibility index (Phi) is 7.38. The Morgan fingerprint density at radius 3 is 2.48 bits per heavy atom. The molecule has 0 bridgehead atoms. The van der Waals surface area contributed by atoms with E-state index in [9.17, 15) is 9.90 Å². The van der Waals surface area contributed by atoms with Gasteiger partial charge >= 0.3 is 5.97 Å². The Hall–Kier alpha value is -1.46. The zero-order chi connectivity index (χ0) is 18.4. The largest absolute Gasteiger partial charge is 0.489 e. The quantitative estimate of drug-likeness (QED) is 0.645. The Morgan fingerprint density at radius 2 is 1.84 bits per heavy atom. The van der Waals surface area contributed by atoms with Crippen molar-refractivity contribution >= 4 is 40.8 Å². The molecular weight excluding hydrogens is 387 g/mol. The second kappa shape index (κ2) is 9.30. The fraction of sp³-hybridized carbons (Fsp3) is 0.278. The molecule has 0 aliphatic rings. The van der Waals surface area contributed by atoms with Crippen molar-refractivity contribution in [2.24, 2.45) is 0 Å². The molecular formula is C18H17Cl3O4. The van der Waals surface area contributed by atoms with E-state index in [4.69, 9.17) is 44.3 Å². The van der Waals surface area contributed by atoms with Gasteiger partial charge in [-0.3, -0.25) is 4.79 Å². The van der Waals surface area contributed by atoms with Gasteiger partial charge in [0.2, 0.25) is 0 Å². The van der Waals surface area contributed by atoms with Crippen LogP contribution in [0, 0.1) is 0 Å². The van der Waals surface area contributed by atoms with Gasteiger partial charge in [-0.1, -0.05) is 46.9 Å². The van der Waals surface area contributed by atoms with Crippen molar-refractivity contribution < 1.29 is 19.4 Å². The number of aliphatic hydroxyl groups is 1. The second-order valence-electron chi connectivity index (χ2n) is 5.25. The molecule has 0 fully saturated rings. The molecule has 0 saturated carbocycles. The molecule has 7 heteroatoms. The highest BCUT2D eigenvalue weighted by molar-refractivity contribution is 6.42. The first-order chi connectivity index (χ1) is 11.9. The zero-order valence-electron chi connectivity index (χ0n) is 13.5. The molecule has 2 aromatic rings. The smallest absolute Gasteiger partial charge is 0.308 e. The monoisotopic (exact) mass is 402 g/mol. The number of hydrogen-bond donors (Lipinski definition) is 1. The van der Waals surface area contributed by atoms with Crippen molar-refractivity contribution in [3.63, 3.8) is 0 Å². The predicted molar refractivity (Wildman–Crippen MR) is 98.5 cm³/mol. The van der Waals surface area contributed by atoms with Crippen molar-refractivity contribution in [1.82, 2.24) is 0 Å². The standard InChI is InChI=1S/C18H17Cl3O4/c1-2-24-18(23)9-17(22)13-5-4-12(8-15(13)20)25-10-11-3-6-14(19)16(21)7-11/h3-8,17,22H,2,9-10H2,1H3/t17-/m0/s1. The van der Waals surface area contributed by atoms with E-state index in [1.807, 2.05) is 6.07 Å². The highest BCUT2D eigenvalue weighted by Gasteiger charge is 2.17. The van der Waals surface area contributed by atoms with Gasteiger partial charge < -0.3 is 14.6 Å². The normalized spacial score (nSPS) is 11.9. The summed E-state index contributed by atoms with van der Waals surface area (Å²) in [5.74, 6) is 0.0502. The summed E-state index contributed by atoms with van der Waals surface area (Å²) in [4.78, 5) is 11.4. The molecule has 1 N–H and O–H groups in total. The molecule has 0 aliphatic heterocycles. The summed E-state index contributed by atoms with van der Waals surface area (Å²) in [7, 11) is 0. The van der Waals surface area contributed by atoms with Crippen LogP contribution < -0.4 is 4.74 Å². The Morgan fingerprint density at radius 1 is 1.08 bits per heavy atom. The van der Waals surface area contributed by atoms with Crippen LogP contribution in [0.5, 0.6) is 5.75 Å². The van der Waals surface area contributed by atoms with E-state index < -0.39 is 12.1 Å². The van der Waals surface area contributed by atoms with Gasteiger partial charge in [0.1, 0.15) is 12.4 Å². The number of benzene rings is 2. The maximum atomic E-state index is 11.4. The summed E-state index contributed by atoms with van der Waals surface area (Å²) in [6.45, 7) is 2.26. The van der Waals surface area contributed by atoms with Crippen molar-refractivity contribution in [3.8, 4) is 5.75 Å². The van der Waals surface area contributed by atoms with Crippen LogP contribution >= 0.6 is 34.8 Å². The lowest BCUT2D eigenvalue weighted by Gasteiger charge is -2.14. The maximum absolute atomic E-state index is 11.4. The van der Waals surface area contributed by atoms with E-state index >= 15 is 0 Å². The number of rotatable bonds is 7. The third-order valence-corrected chi connectivity index (χ3v) is 4.45. The van der Waals surface area contributed by atoms with Crippen LogP contribution in [0.2, 0.25) is 15.1 Å². The second-order valence-corrected chi connectivity index (χ2v) is 6.47. The number of carbonyl (C=O) groups excluding carboxylic acids is 1. The van der Waals surface area contributed by atoms with Crippen molar-refractivity contribution in [2.75, 3.05) is 6.61 Å². The van der Waals surface area contributed by atoms with Gasteiger partial charge in [0.25, 0.3) is 0 Å². The fourth-order valence-electron chi connectivity index (χ4n) is 2.15. The lowest BCUT2D eigenvalue weighted by atomic mass is 10.1. The summed E-state index contributed by atoms with van der Waals surface area (Å²) in [5.41, 5.74) is 1.30. The minimum atomic E-state index is -1.03. The molecule has 0 spiro atoms. The summed E-state index contributed by atoms with van der Waals surface area (Å²) in [5, 5.41) is 11.3. The van der Waals surface area contributed by atoms with Crippen LogP contribution in [-0.2, 0) is 16.1 Å². The van der Waals surface area contributed by atoms with Gasteiger partial charge in [-0.05, 0) is 42.3 Å². The first-order valence-electron chi connectivity index (χ1n) is 7.60. The first kappa shape index (κ1) is 19.9. The van der Waals surface area contributed by atoms with Crippen molar-refractivity contribution in [2.45, 2.75) is 26.1 Å². The van der Waals surface area contributed by atoms with Gasteiger partial charge in [0.15, 0.2) is 0 Å². The molecule has 0 saturated heterocycles. The topological polar surface area (TPSA) is 55.8 Å². The van der Waals surface area contributed by atoms with Crippen molar-refractivity contribution in [1.29, 1.82) is 0 Å². The van der Waals surface area contributed by atoms with Gasteiger partial charge in [-0.2, -0.15) is 0 Å². The van der Waals surface area contributed by atoms with E-state index in [1.165, 1.54) is 0 Å². The molecule has 0 amide bonds. The number of halogens is 3. The molecule has 0 unspecified atom stereocenters. The average Bonchev–Trinajstić information content (AvgIpc) is 2.56. The van der Waals surface area contributed by atoms with E-state index in [0.717, 1.165) is 5.56 Å². The number of aliphatic hydroxyl groups excluding tert-OH is 1. The van der Waals surface area contributed by atoms with E-state index in [1.54, 1.807) is 37.3 Å². The Labute approximate surface area is 161 Å². The lowest BCUT2D eigenvalue weighted by molar-refractivity contribution is -0.145. The van der Waals surface area contributed by atoms with Gasteiger partial charge in [0.05, 0.1) is 34.2 Å². The summed E-state index contributed by atoms with van der Waals surface area (Å²) >= 11 is 18.0. The number of hydrogen-bond acceptors (Lipinski definition) is 4. The summed E-state index contributed by atoms with van der Waals surface area (Å²) in [6.07, 6.45) is -1.19. The van der Waals surface area contributed by atoms with E-state index in [2.05, 4.69) is 0 Å². The van der Waals surface area contributed by atoms with Gasteiger partial charge in [-0.15, -0.1) is 0 Å². The molecule has 2 rings (SSSR count). The van der Waals surface area contributed by atoms with Crippen LogP contribution in [0.1, 0.15) is 30.6 Å². The number of carbonyl (C=O) groups is 1. The maximum Gasteiger partial charge on any atom is 0.308 e. The highest BCUT2D eigenvalue weighted by atomic mass is 35.5. The van der Waals surface area contributed by atoms with Crippen LogP contribution in [0.4, 0.5) is 0 Å². The van der Waals surface area contributed by atoms with E-state index in [0.29, 0.717) is 26.4 Å². The molecule has 0 aromatic heterocycles.